The molecule has 2 rings (SSSR count). The molecule has 1 fully saturated rings. The number of hydrogen-bond acceptors (Lipinski definition) is 3. The van der Waals surface area contributed by atoms with Crippen LogP contribution in [0.4, 0.5) is 0 Å². The van der Waals surface area contributed by atoms with Crippen molar-refractivity contribution in [3.05, 3.63) is 30.3 Å². The molecule has 5 heteroatoms. The Balaban J connectivity index is 1.72. The van der Waals surface area contributed by atoms with Gasteiger partial charge in [-0.05, 0) is 31.4 Å². The zero-order valence-electron chi connectivity index (χ0n) is 13.1. The van der Waals surface area contributed by atoms with E-state index in [1.54, 1.807) is 4.90 Å². The van der Waals surface area contributed by atoms with E-state index in [4.69, 9.17) is 4.74 Å². The highest BCUT2D eigenvalue weighted by molar-refractivity contribution is 5.80. The van der Waals surface area contributed by atoms with Gasteiger partial charge < -0.3 is 15.0 Å². The molecule has 0 atom stereocenters. The van der Waals surface area contributed by atoms with Crippen molar-refractivity contribution in [3.8, 4) is 5.75 Å². The van der Waals surface area contributed by atoms with Gasteiger partial charge in [-0.1, -0.05) is 25.1 Å². The molecule has 0 spiro atoms. The van der Waals surface area contributed by atoms with Crippen LogP contribution in [0.3, 0.4) is 0 Å². The fourth-order valence-corrected chi connectivity index (χ4v) is 2.54. The Morgan fingerprint density at radius 1 is 1.23 bits per heavy atom. The normalized spacial score (nSPS) is 15.4. The van der Waals surface area contributed by atoms with E-state index >= 15 is 0 Å². The van der Waals surface area contributed by atoms with Crippen molar-refractivity contribution in [3.63, 3.8) is 0 Å². The van der Waals surface area contributed by atoms with E-state index in [0.29, 0.717) is 18.8 Å². The van der Waals surface area contributed by atoms with Crippen LogP contribution in [0.2, 0.25) is 0 Å². The number of likely N-dealkylation sites (tertiary alicyclic amines) is 1. The van der Waals surface area contributed by atoms with Crippen molar-refractivity contribution < 1.29 is 14.3 Å². The van der Waals surface area contributed by atoms with Gasteiger partial charge in [-0.25, -0.2) is 0 Å². The number of carbonyl (C=O) groups excluding carboxylic acids is 2. The van der Waals surface area contributed by atoms with Crippen molar-refractivity contribution in [2.45, 2.75) is 26.2 Å². The third-order valence-corrected chi connectivity index (χ3v) is 3.87. The van der Waals surface area contributed by atoms with Gasteiger partial charge in [0.05, 0.1) is 0 Å². The minimum atomic E-state index is -0.0173. The van der Waals surface area contributed by atoms with Crippen LogP contribution in [0.5, 0.6) is 5.75 Å². The maximum absolute atomic E-state index is 12.1. The van der Waals surface area contributed by atoms with Gasteiger partial charge in [-0.2, -0.15) is 0 Å². The second kappa shape index (κ2) is 8.41. The number of nitrogens with zero attached hydrogens (tertiary/aromatic N) is 1. The molecule has 1 aliphatic rings. The molecule has 5 nitrogen and oxygen atoms in total. The summed E-state index contributed by atoms with van der Waals surface area (Å²) in [6.45, 7) is 4.07. The Hall–Kier alpha value is -2.04. The summed E-state index contributed by atoms with van der Waals surface area (Å²) in [4.78, 5) is 25.8. The van der Waals surface area contributed by atoms with Gasteiger partial charge in [-0.15, -0.1) is 0 Å². The molecule has 1 heterocycles. The molecule has 0 saturated carbocycles. The summed E-state index contributed by atoms with van der Waals surface area (Å²) < 4.78 is 5.48. The van der Waals surface area contributed by atoms with Crippen molar-refractivity contribution in [1.82, 2.24) is 10.2 Å². The van der Waals surface area contributed by atoms with Crippen molar-refractivity contribution in [1.29, 1.82) is 0 Å². The van der Waals surface area contributed by atoms with E-state index in [1.807, 2.05) is 37.3 Å². The molecule has 1 N–H and O–H groups in total. The largest absolute Gasteiger partial charge is 0.484 e. The summed E-state index contributed by atoms with van der Waals surface area (Å²) in [5.74, 6) is 0.834. The van der Waals surface area contributed by atoms with Crippen molar-refractivity contribution in [2.75, 3.05) is 26.2 Å². The molecule has 1 aliphatic heterocycles. The first-order chi connectivity index (χ1) is 10.7. The lowest BCUT2D eigenvalue weighted by Gasteiger charge is -2.31. The molecule has 1 aromatic carbocycles. The lowest BCUT2D eigenvalue weighted by molar-refractivity contribution is -0.137. The number of rotatable bonds is 6. The first-order valence-corrected chi connectivity index (χ1v) is 7.94. The standard InChI is InChI=1S/C17H24N2O3/c1-2-10-18-17(21)14-8-11-19(12-9-14)16(20)13-22-15-6-4-3-5-7-15/h3-7,14H,2,8-13H2,1H3,(H,18,21). The van der Waals surface area contributed by atoms with Gasteiger partial charge in [0.15, 0.2) is 6.61 Å². The lowest BCUT2D eigenvalue weighted by atomic mass is 9.96. The molecule has 22 heavy (non-hydrogen) atoms. The minimum Gasteiger partial charge on any atom is -0.484 e. The van der Waals surface area contributed by atoms with Gasteiger partial charge in [0.1, 0.15) is 5.75 Å². The second-order valence-electron chi connectivity index (χ2n) is 5.55. The van der Waals surface area contributed by atoms with Gasteiger partial charge in [0.2, 0.25) is 5.91 Å². The maximum atomic E-state index is 12.1. The van der Waals surface area contributed by atoms with Gasteiger partial charge in [-0.3, -0.25) is 9.59 Å². The molecule has 0 unspecified atom stereocenters. The Labute approximate surface area is 131 Å². The summed E-state index contributed by atoms with van der Waals surface area (Å²) in [7, 11) is 0. The van der Waals surface area contributed by atoms with Crippen LogP contribution in [0, 0.1) is 5.92 Å². The topological polar surface area (TPSA) is 58.6 Å². The summed E-state index contributed by atoms with van der Waals surface area (Å²) in [5, 5.41) is 2.93. The molecular formula is C17H24N2O3. The minimum absolute atomic E-state index is 0.0173. The molecule has 1 saturated heterocycles. The number of nitrogens with one attached hydrogen (secondary N) is 1. The van der Waals surface area contributed by atoms with Crippen LogP contribution in [0.25, 0.3) is 0 Å². The highest BCUT2D eigenvalue weighted by Crippen LogP contribution is 2.18. The smallest absolute Gasteiger partial charge is 0.260 e. The predicted octanol–water partition coefficient (Wildman–Crippen LogP) is 1.83. The fraction of sp³-hybridized carbons (Fsp3) is 0.529. The number of piperidine rings is 1. The summed E-state index contributed by atoms with van der Waals surface area (Å²) in [6, 6.07) is 9.32. The fourth-order valence-electron chi connectivity index (χ4n) is 2.54. The molecule has 1 aromatic rings. The van der Waals surface area contributed by atoms with E-state index < -0.39 is 0 Å². The molecule has 0 aromatic heterocycles. The van der Waals surface area contributed by atoms with Crippen molar-refractivity contribution in [2.24, 2.45) is 5.92 Å². The third kappa shape index (κ3) is 4.76. The molecular weight excluding hydrogens is 280 g/mol. The first kappa shape index (κ1) is 16.3. The number of ether oxygens (including phenoxy) is 1. The number of amides is 2. The monoisotopic (exact) mass is 304 g/mol. The number of para-hydroxylation sites is 1. The Bertz CT molecular complexity index is 482. The van der Waals surface area contributed by atoms with E-state index in [1.165, 1.54) is 0 Å². The third-order valence-electron chi connectivity index (χ3n) is 3.87. The van der Waals surface area contributed by atoms with E-state index in [9.17, 15) is 9.59 Å². The van der Waals surface area contributed by atoms with Gasteiger partial charge in [0, 0.05) is 25.6 Å². The molecule has 0 bridgehead atoms. The van der Waals surface area contributed by atoms with Crippen LogP contribution in [-0.2, 0) is 9.59 Å². The Morgan fingerprint density at radius 2 is 1.91 bits per heavy atom. The van der Waals surface area contributed by atoms with E-state index in [0.717, 1.165) is 25.8 Å². The van der Waals surface area contributed by atoms with Crippen LogP contribution in [0.15, 0.2) is 30.3 Å². The van der Waals surface area contributed by atoms with Crippen LogP contribution in [0.1, 0.15) is 26.2 Å². The zero-order valence-corrected chi connectivity index (χ0v) is 13.1. The number of carbonyl (C=O) groups is 2. The van der Waals surface area contributed by atoms with E-state index in [2.05, 4.69) is 5.32 Å². The van der Waals surface area contributed by atoms with Crippen LogP contribution in [-0.4, -0.2) is 43.0 Å². The maximum Gasteiger partial charge on any atom is 0.260 e. The summed E-state index contributed by atoms with van der Waals surface area (Å²) in [5.41, 5.74) is 0. The van der Waals surface area contributed by atoms with Crippen LogP contribution < -0.4 is 10.1 Å². The molecule has 0 radical (unpaired) electrons. The average molecular weight is 304 g/mol. The Morgan fingerprint density at radius 3 is 2.55 bits per heavy atom. The van der Waals surface area contributed by atoms with Gasteiger partial charge in [0.25, 0.3) is 5.91 Å². The van der Waals surface area contributed by atoms with Crippen LogP contribution >= 0.6 is 0 Å². The van der Waals surface area contributed by atoms with Crippen molar-refractivity contribution >= 4 is 11.8 Å². The summed E-state index contributed by atoms with van der Waals surface area (Å²) in [6.07, 6.45) is 2.40. The number of hydrogen-bond donors (Lipinski definition) is 1. The van der Waals surface area contributed by atoms with Gasteiger partial charge >= 0.3 is 0 Å². The number of benzene rings is 1. The average Bonchev–Trinajstić information content (AvgIpc) is 2.58. The summed E-state index contributed by atoms with van der Waals surface area (Å²) >= 11 is 0. The Kier molecular flexibility index (Phi) is 6.25. The highest BCUT2D eigenvalue weighted by Gasteiger charge is 2.27. The highest BCUT2D eigenvalue weighted by atomic mass is 16.5. The second-order valence-corrected chi connectivity index (χ2v) is 5.55. The zero-order chi connectivity index (χ0) is 15.8. The SMILES string of the molecule is CCCNC(=O)C1CCN(C(=O)COc2ccccc2)CC1. The predicted molar refractivity (Wildman–Crippen MR) is 84.5 cm³/mol. The lowest BCUT2D eigenvalue weighted by Crippen LogP contribution is -2.44. The van der Waals surface area contributed by atoms with E-state index in [-0.39, 0.29) is 24.3 Å². The molecule has 0 aliphatic carbocycles. The molecule has 2 amide bonds. The first-order valence-electron chi connectivity index (χ1n) is 7.94. The molecule has 120 valence electrons. The quantitative estimate of drug-likeness (QED) is 0.872.